The summed E-state index contributed by atoms with van der Waals surface area (Å²) in [4.78, 5) is 4.62. The summed E-state index contributed by atoms with van der Waals surface area (Å²) in [5.74, 6) is -0.288. The smallest absolute Gasteiger partial charge is 0.166 e. The Balaban J connectivity index is 2.54. The van der Waals surface area contributed by atoms with Crippen LogP contribution in [0.4, 0.5) is 5.69 Å². The van der Waals surface area contributed by atoms with E-state index in [1.807, 2.05) is 0 Å². The summed E-state index contributed by atoms with van der Waals surface area (Å²) in [6, 6.07) is 11.3. The lowest BCUT2D eigenvalue weighted by atomic mass is 9.81. The average Bonchev–Trinajstić information content (AvgIpc) is 2.46. The van der Waals surface area contributed by atoms with Gasteiger partial charge in [-0.15, -0.1) is 0 Å². The predicted molar refractivity (Wildman–Crippen MR) is 101 cm³/mol. The summed E-state index contributed by atoms with van der Waals surface area (Å²) < 4.78 is 0. The van der Waals surface area contributed by atoms with E-state index in [-0.39, 0.29) is 22.3 Å². The van der Waals surface area contributed by atoms with E-state index in [1.165, 1.54) is 11.6 Å². The van der Waals surface area contributed by atoms with Gasteiger partial charge in [0.05, 0.1) is 5.69 Å². The van der Waals surface area contributed by atoms with Crippen LogP contribution in [0.2, 0.25) is 0 Å². The summed E-state index contributed by atoms with van der Waals surface area (Å²) in [6.45, 7) is 13.0. The van der Waals surface area contributed by atoms with Crippen LogP contribution >= 0.6 is 0 Å². The third kappa shape index (κ3) is 3.97. The Morgan fingerprint density at radius 2 is 1.54 bits per heavy atom. The maximum atomic E-state index is 9.95. The van der Waals surface area contributed by atoms with Crippen LogP contribution in [0.1, 0.15) is 58.2 Å². The van der Waals surface area contributed by atoms with Crippen molar-refractivity contribution in [3.63, 3.8) is 0 Å². The normalized spacial score (nSPS) is 12.8. The molecule has 0 heterocycles. The summed E-state index contributed by atoms with van der Waals surface area (Å²) in [6.07, 6.45) is 1.60. The lowest BCUT2D eigenvalue weighted by Crippen LogP contribution is -2.15. The maximum absolute atomic E-state index is 9.95. The average molecular weight is 325 g/mol. The number of nitrogens with zero attached hydrogens (tertiary/aromatic N) is 1. The molecule has 0 bridgehead atoms. The summed E-state index contributed by atoms with van der Waals surface area (Å²) in [5, 5.41) is 19.6. The quantitative estimate of drug-likeness (QED) is 0.570. The van der Waals surface area contributed by atoms with Crippen LogP contribution in [0, 0.1) is 0 Å². The van der Waals surface area contributed by atoms with Crippen molar-refractivity contribution in [2.45, 2.75) is 52.4 Å². The molecule has 0 saturated carbocycles. The molecular weight excluding hydrogens is 298 g/mol. The largest absolute Gasteiger partial charge is 0.504 e. The van der Waals surface area contributed by atoms with E-state index in [4.69, 9.17) is 0 Å². The molecule has 3 nitrogen and oxygen atoms in total. The Hall–Kier alpha value is -2.29. The van der Waals surface area contributed by atoms with E-state index in [0.29, 0.717) is 5.56 Å². The number of phenols is 2. The first kappa shape index (κ1) is 18.1. The minimum absolute atomic E-state index is 0.0356. The highest BCUT2D eigenvalue weighted by molar-refractivity contribution is 5.87. The monoisotopic (exact) mass is 325 g/mol. The minimum atomic E-state index is -0.148. The molecule has 2 aromatic rings. The molecule has 0 unspecified atom stereocenters. The van der Waals surface area contributed by atoms with Crippen LogP contribution in [-0.4, -0.2) is 16.4 Å². The zero-order valence-electron chi connectivity index (χ0n) is 15.4. The number of rotatable bonds is 2. The second-order valence-corrected chi connectivity index (χ2v) is 8.21. The van der Waals surface area contributed by atoms with Crippen molar-refractivity contribution in [2.75, 3.05) is 0 Å². The third-order valence-corrected chi connectivity index (χ3v) is 4.06. The predicted octanol–water partition coefficient (Wildman–Crippen LogP) is 5.44. The number of hydrogen-bond acceptors (Lipinski definition) is 3. The van der Waals surface area contributed by atoms with Crippen molar-refractivity contribution < 1.29 is 10.2 Å². The van der Waals surface area contributed by atoms with E-state index < -0.39 is 0 Å². The van der Waals surface area contributed by atoms with Gasteiger partial charge in [-0.3, -0.25) is 4.99 Å². The van der Waals surface area contributed by atoms with Gasteiger partial charge in [0.15, 0.2) is 11.5 Å². The van der Waals surface area contributed by atoms with Crippen LogP contribution in [0.3, 0.4) is 0 Å². The number of benzene rings is 2. The molecule has 0 saturated heterocycles. The third-order valence-electron chi connectivity index (χ3n) is 4.06. The Morgan fingerprint density at radius 1 is 0.875 bits per heavy atom. The number of aromatic hydroxyl groups is 2. The second kappa shape index (κ2) is 6.31. The number of hydrogen-bond donors (Lipinski definition) is 2. The SMILES string of the molecule is CC(C)(C)c1ccc(C(C)(C)C)c(N=Cc2cccc(O)c2O)c1. The highest BCUT2D eigenvalue weighted by Gasteiger charge is 2.21. The molecule has 0 aromatic heterocycles. The number of para-hydroxylation sites is 1. The van der Waals surface area contributed by atoms with Crippen molar-refractivity contribution in [1.29, 1.82) is 0 Å². The summed E-state index contributed by atoms with van der Waals surface area (Å²) in [7, 11) is 0. The van der Waals surface area contributed by atoms with Gasteiger partial charge in [-0.05, 0) is 40.2 Å². The van der Waals surface area contributed by atoms with Gasteiger partial charge < -0.3 is 10.2 Å². The van der Waals surface area contributed by atoms with Gasteiger partial charge in [-0.25, -0.2) is 0 Å². The molecule has 0 amide bonds. The summed E-state index contributed by atoms with van der Waals surface area (Å²) >= 11 is 0. The Morgan fingerprint density at radius 3 is 2.12 bits per heavy atom. The zero-order chi connectivity index (χ0) is 18.1. The van der Waals surface area contributed by atoms with Gasteiger partial charge in [0, 0.05) is 11.8 Å². The van der Waals surface area contributed by atoms with Gasteiger partial charge in [-0.1, -0.05) is 59.7 Å². The van der Waals surface area contributed by atoms with E-state index in [0.717, 1.165) is 11.3 Å². The van der Waals surface area contributed by atoms with Gasteiger partial charge >= 0.3 is 0 Å². The topological polar surface area (TPSA) is 52.8 Å². The number of phenolic OH excluding ortho intramolecular Hbond substituents is 2. The van der Waals surface area contributed by atoms with Crippen molar-refractivity contribution in [1.82, 2.24) is 0 Å². The molecule has 24 heavy (non-hydrogen) atoms. The molecule has 0 aliphatic carbocycles. The van der Waals surface area contributed by atoms with Crippen LogP contribution < -0.4 is 0 Å². The van der Waals surface area contributed by atoms with Gasteiger partial charge in [0.25, 0.3) is 0 Å². The maximum Gasteiger partial charge on any atom is 0.166 e. The first-order chi connectivity index (χ1) is 11.0. The molecule has 128 valence electrons. The fourth-order valence-corrected chi connectivity index (χ4v) is 2.53. The van der Waals surface area contributed by atoms with Crippen molar-refractivity contribution >= 4 is 11.9 Å². The Labute approximate surface area is 144 Å². The lowest BCUT2D eigenvalue weighted by molar-refractivity contribution is 0.403. The highest BCUT2D eigenvalue weighted by Crippen LogP contribution is 2.36. The van der Waals surface area contributed by atoms with Crippen LogP contribution in [0.15, 0.2) is 41.4 Å². The standard InChI is InChI=1S/C21H27NO2/c1-20(2,3)15-10-11-16(21(4,5)6)17(12-15)22-13-14-8-7-9-18(23)19(14)24/h7-13,23-24H,1-6H3. The van der Waals surface area contributed by atoms with E-state index >= 15 is 0 Å². The first-order valence-corrected chi connectivity index (χ1v) is 8.20. The minimum Gasteiger partial charge on any atom is -0.504 e. The Kier molecular flexibility index (Phi) is 4.75. The van der Waals surface area contributed by atoms with Crippen LogP contribution in [-0.2, 0) is 10.8 Å². The molecular formula is C21H27NO2. The molecule has 2 rings (SSSR count). The molecule has 0 aliphatic heterocycles. The van der Waals surface area contributed by atoms with Crippen molar-refractivity contribution in [3.05, 3.63) is 53.1 Å². The number of aliphatic imine (C=N–C) groups is 1. The van der Waals surface area contributed by atoms with Crippen LogP contribution in [0.5, 0.6) is 11.5 Å². The van der Waals surface area contributed by atoms with Gasteiger partial charge in [0.2, 0.25) is 0 Å². The van der Waals surface area contributed by atoms with Crippen LogP contribution in [0.25, 0.3) is 0 Å². The van der Waals surface area contributed by atoms with E-state index in [2.05, 4.69) is 64.7 Å². The first-order valence-electron chi connectivity index (χ1n) is 8.20. The fourth-order valence-electron chi connectivity index (χ4n) is 2.53. The fraction of sp³-hybridized carbons (Fsp3) is 0.381. The molecule has 3 heteroatoms. The second-order valence-electron chi connectivity index (χ2n) is 8.21. The Bertz CT molecular complexity index is 762. The highest BCUT2D eigenvalue weighted by atomic mass is 16.3. The van der Waals surface area contributed by atoms with Gasteiger partial charge in [-0.2, -0.15) is 0 Å². The molecule has 0 fully saturated rings. The van der Waals surface area contributed by atoms with Crippen molar-refractivity contribution in [2.24, 2.45) is 4.99 Å². The van der Waals surface area contributed by atoms with Crippen molar-refractivity contribution in [3.8, 4) is 11.5 Å². The van der Waals surface area contributed by atoms with E-state index in [9.17, 15) is 10.2 Å². The zero-order valence-corrected chi connectivity index (χ0v) is 15.4. The molecule has 0 aliphatic rings. The molecule has 2 aromatic carbocycles. The summed E-state index contributed by atoms with van der Waals surface area (Å²) in [5.41, 5.74) is 3.74. The molecule has 0 radical (unpaired) electrons. The lowest BCUT2D eigenvalue weighted by Gasteiger charge is -2.25. The molecule has 2 N–H and O–H groups in total. The van der Waals surface area contributed by atoms with E-state index in [1.54, 1.807) is 18.3 Å². The molecule has 0 spiro atoms. The molecule has 0 atom stereocenters. The van der Waals surface area contributed by atoms with Gasteiger partial charge in [0.1, 0.15) is 0 Å².